The minimum atomic E-state index is -1.72. The van der Waals surface area contributed by atoms with Gasteiger partial charge in [0.2, 0.25) is 5.91 Å². The van der Waals surface area contributed by atoms with Crippen LogP contribution in [0.5, 0.6) is 11.5 Å². The van der Waals surface area contributed by atoms with Crippen LogP contribution in [-0.4, -0.2) is 32.2 Å². The molecule has 0 bridgehead atoms. The highest BCUT2D eigenvalue weighted by Gasteiger charge is 2.24. The Morgan fingerprint density at radius 1 is 1.04 bits per heavy atom. The molecule has 0 fully saturated rings. The van der Waals surface area contributed by atoms with Crippen LogP contribution >= 0.6 is 0 Å². The summed E-state index contributed by atoms with van der Waals surface area (Å²) in [6.07, 6.45) is -1.55. The first-order valence-electron chi connectivity index (χ1n) is 8.27. The van der Waals surface area contributed by atoms with Crippen molar-refractivity contribution in [3.63, 3.8) is 0 Å². The summed E-state index contributed by atoms with van der Waals surface area (Å²) in [5.74, 6) is 0.267. The van der Waals surface area contributed by atoms with Crippen LogP contribution in [-0.2, 0) is 4.79 Å². The molecule has 1 amide bonds. The van der Waals surface area contributed by atoms with E-state index in [9.17, 15) is 15.0 Å². The summed E-state index contributed by atoms with van der Waals surface area (Å²) in [7, 11) is 0. The van der Waals surface area contributed by atoms with Crippen molar-refractivity contribution in [2.45, 2.75) is 19.1 Å². The average molecular weight is 365 g/mol. The molecule has 0 radical (unpaired) electrons. The number of carbonyl (C=O) groups excluding carboxylic acids is 1. The second-order valence-electron chi connectivity index (χ2n) is 6.00. The van der Waals surface area contributed by atoms with E-state index in [2.05, 4.69) is 9.97 Å². The zero-order chi connectivity index (χ0) is 19.4. The third kappa shape index (κ3) is 4.46. The number of aliphatic hydroxyl groups excluding tert-OH is 2. The SMILES string of the molecule is Cc1ccc(Oc2ccc(-c3cccc(C(O)C(O)C(N)=O)n3)cc2)cn1. The summed E-state index contributed by atoms with van der Waals surface area (Å²) in [6, 6.07) is 15.9. The maximum Gasteiger partial charge on any atom is 0.249 e. The molecule has 3 rings (SSSR count). The Kier molecular flexibility index (Phi) is 5.44. The molecule has 0 aliphatic rings. The van der Waals surface area contributed by atoms with Gasteiger partial charge in [-0.2, -0.15) is 0 Å². The lowest BCUT2D eigenvalue weighted by Crippen LogP contribution is -2.34. The highest BCUT2D eigenvalue weighted by atomic mass is 16.5. The van der Waals surface area contributed by atoms with Crippen LogP contribution in [0.15, 0.2) is 60.8 Å². The van der Waals surface area contributed by atoms with Crippen molar-refractivity contribution < 1.29 is 19.7 Å². The lowest BCUT2D eigenvalue weighted by atomic mass is 10.1. The fraction of sp³-hybridized carbons (Fsp3) is 0.150. The van der Waals surface area contributed by atoms with Crippen molar-refractivity contribution in [1.29, 1.82) is 0 Å². The molecule has 7 nitrogen and oxygen atoms in total. The number of ether oxygens (including phenoxy) is 1. The maximum atomic E-state index is 11.0. The standard InChI is InChI=1S/C20H19N3O4/c1-12-5-8-15(11-22-12)27-14-9-6-13(7-10-14)16-3-2-4-17(23-16)18(24)19(25)20(21)26/h2-11,18-19,24-25H,1H3,(H2,21,26). The Labute approximate surface area is 156 Å². The van der Waals surface area contributed by atoms with Gasteiger partial charge < -0.3 is 20.7 Å². The van der Waals surface area contributed by atoms with Gasteiger partial charge in [-0.25, -0.2) is 4.98 Å². The number of pyridine rings is 2. The molecule has 3 aromatic rings. The van der Waals surface area contributed by atoms with E-state index < -0.39 is 18.1 Å². The Morgan fingerprint density at radius 3 is 2.37 bits per heavy atom. The van der Waals surface area contributed by atoms with Crippen LogP contribution in [0.1, 0.15) is 17.5 Å². The maximum absolute atomic E-state index is 11.0. The minimum absolute atomic E-state index is 0.157. The fourth-order valence-electron chi connectivity index (χ4n) is 2.44. The van der Waals surface area contributed by atoms with Gasteiger partial charge in [0.1, 0.15) is 17.6 Å². The van der Waals surface area contributed by atoms with Crippen molar-refractivity contribution in [2.24, 2.45) is 5.73 Å². The monoisotopic (exact) mass is 365 g/mol. The molecule has 2 atom stereocenters. The van der Waals surface area contributed by atoms with E-state index in [-0.39, 0.29) is 5.69 Å². The quantitative estimate of drug-likeness (QED) is 0.616. The molecule has 0 aliphatic heterocycles. The summed E-state index contributed by atoms with van der Waals surface area (Å²) >= 11 is 0. The Morgan fingerprint density at radius 2 is 1.74 bits per heavy atom. The molecule has 2 heterocycles. The molecule has 7 heteroatoms. The largest absolute Gasteiger partial charge is 0.456 e. The first-order chi connectivity index (χ1) is 12.9. The number of rotatable bonds is 6. The zero-order valence-corrected chi connectivity index (χ0v) is 14.6. The number of hydrogen-bond acceptors (Lipinski definition) is 6. The van der Waals surface area contributed by atoms with Crippen LogP contribution in [0.25, 0.3) is 11.3 Å². The van der Waals surface area contributed by atoms with Gasteiger partial charge in [-0.05, 0) is 55.5 Å². The van der Waals surface area contributed by atoms with E-state index in [1.807, 2.05) is 31.2 Å². The van der Waals surface area contributed by atoms with Crippen LogP contribution < -0.4 is 10.5 Å². The zero-order valence-electron chi connectivity index (χ0n) is 14.6. The number of amides is 1. The molecular formula is C20H19N3O4. The van der Waals surface area contributed by atoms with Gasteiger partial charge in [-0.1, -0.05) is 6.07 Å². The lowest BCUT2D eigenvalue weighted by molar-refractivity contribution is -0.132. The van der Waals surface area contributed by atoms with Gasteiger partial charge >= 0.3 is 0 Å². The number of aromatic nitrogens is 2. The number of primary amides is 1. The number of aryl methyl sites for hydroxylation is 1. The van der Waals surface area contributed by atoms with E-state index in [1.165, 1.54) is 6.07 Å². The van der Waals surface area contributed by atoms with Gasteiger partial charge in [0.15, 0.2) is 6.10 Å². The number of nitrogens with two attached hydrogens (primary N) is 1. The smallest absolute Gasteiger partial charge is 0.249 e. The molecule has 2 unspecified atom stereocenters. The third-order valence-electron chi connectivity index (χ3n) is 3.93. The molecular weight excluding hydrogens is 346 g/mol. The second kappa shape index (κ2) is 7.94. The topological polar surface area (TPSA) is 119 Å². The van der Waals surface area contributed by atoms with Crippen LogP contribution in [0.3, 0.4) is 0 Å². The first kappa shape index (κ1) is 18.5. The van der Waals surface area contributed by atoms with Gasteiger partial charge in [0.05, 0.1) is 17.6 Å². The summed E-state index contributed by atoms with van der Waals surface area (Å²) in [5, 5.41) is 19.6. The highest BCUT2D eigenvalue weighted by Crippen LogP contribution is 2.26. The summed E-state index contributed by atoms with van der Waals surface area (Å²) in [4.78, 5) is 19.5. The molecule has 4 N–H and O–H groups in total. The normalized spacial score (nSPS) is 13.0. The summed E-state index contributed by atoms with van der Waals surface area (Å²) in [6.45, 7) is 1.90. The van der Waals surface area contributed by atoms with Crippen molar-refractivity contribution in [3.05, 3.63) is 72.2 Å². The predicted octanol–water partition coefficient (Wildman–Crippen LogP) is 2.12. The molecule has 0 aliphatic carbocycles. The molecule has 0 spiro atoms. The minimum Gasteiger partial charge on any atom is -0.456 e. The number of nitrogens with zero attached hydrogens (tertiary/aromatic N) is 2. The van der Waals surface area contributed by atoms with E-state index in [1.54, 1.807) is 30.5 Å². The van der Waals surface area contributed by atoms with Gasteiger partial charge in [-0.3, -0.25) is 9.78 Å². The van der Waals surface area contributed by atoms with Crippen LogP contribution in [0.4, 0.5) is 0 Å². The van der Waals surface area contributed by atoms with Crippen LogP contribution in [0.2, 0.25) is 0 Å². The van der Waals surface area contributed by atoms with Crippen molar-refractivity contribution in [1.82, 2.24) is 9.97 Å². The molecule has 0 saturated carbocycles. The predicted molar refractivity (Wildman–Crippen MR) is 98.9 cm³/mol. The first-order valence-corrected chi connectivity index (χ1v) is 8.27. The van der Waals surface area contributed by atoms with E-state index in [4.69, 9.17) is 10.5 Å². The van der Waals surface area contributed by atoms with Gasteiger partial charge in [0.25, 0.3) is 0 Å². The van der Waals surface area contributed by atoms with Crippen LogP contribution in [0, 0.1) is 6.92 Å². The van der Waals surface area contributed by atoms with E-state index >= 15 is 0 Å². The molecule has 0 saturated heterocycles. The summed E-state index contributed by atoms with van der Waals surface area (Å²) < 4.78 is 5.74. The molecule has 2 aromatic heterocycles. The Bertz CT molecular complexity index is 927. The third-order valence-corrected chi connectivity index (χ3v) is 3.93. The number of benzene rings is 1. The van der Waals surface area contributed by atoms with Gasteiger partial charge in [0, 0.05) is 11.3 Å². The summed E-state index contributed by atoms with van der Waals surface area (Å²) in [5.41, 5.74) is 7.44. The fourth-order valence-corrected chi connectivity index (χ4v) is 2.44. The highest BCUT2D eigenvalue weighted by molar-refractivity contribution is 5.79. The molecule has 138 valence electrons. The van der Waals surface area contributed by atoms with Crippen molar-refractivity contribution >= 4 is 5.91 Å². The Balaban J connectivity index is 1.78. The Hall–Kier alpha value is -3.29. The number of aliphatic hydroxyl groups is 2. The number of hydrogen-bond donors (Lipinski definition) is 3. The molecule has 1 aromatic carbocycles. The number of carbonyl (C=O) groups is 1. The lowest BCUT2D eigenvalue weighted by Gasteiger charge is -2.15. The van der Waals surface area contributed by atoms with E-state index in [0.717, 1.165) is 11.3 Å². The van der Waals surface area contributed by atoms with Crippen molar-refractivity contribution in [2.75, 3.05) is 0 Å². The second-order valence-corrected chi connectivity index (χ2v) is 6.00. The van der Waals surface area contributed by atoms with E-state index in [0.29, 0.717) is 17.2 Å². The van der Waals surface area contributed by atoms with Crippen molar-refractivity contribution in [3.8, 4) is 22.8 Å². The van der Waals surface area contributed by atoms with Gasteiger partial charge in [-0.15, -0.1) is 0 Å². The average Bonchev–Trinajstić information content (AvgIpc) is 2.69. The molecule has 27 heavy (non-hydrogen) atoms.